The fourth-order valence-electron chi connectivity index (χ4n) is 3.52. The van der Waals surface area contributed by atoms with Gasteiger partial charge in [0.1, 0.15) is 0 Å². The van der Waals surface area contributed by atoms with E-state index in [-0.39, 0.29) is 5.54 Å². The van der Waals surface area contributed by atoms with E-state index in [1.807, 2.05) is 0 Å². The van der Waals surface area contributed by atoms with Gasteiger partial charge in [-0.25, -0.2) is 0 Å². The Bertz CT molecular complexity index is 250. The van der Waals surface area contributed by atoms with Crippen molar-refractivity contribution in [3.05, 3.63) is 0 Å². The maximum Gasteiger partial charge on any atom is 0.0331 e. The third kappa shape index (κ3) is 3.95. The molecule has 0 aromatic rings. The van der Waals surface area contributed by atoms with Crippen LogP contribution in [0.4, 0.5) is 0 Å². The lowest BCUT2D eigenvalue weighted by molar-refractivity contribution is 0.00896. The van der Waals surface area contributed by atoms with Gasteiger partial charge in [-0.3, -0.25) is 4.90 Å². The Morgan fingerprint density at radius 1 is 1.21 bits per heavy atom. The van der Waals surface area contributed by atoms with Gasteiger partial charge in [0.2, 0.25) is 0 Å². The summed E-state index contributed by atoms with van der Waals surface area (Å²) in [7, 11) is 0. The van der Waals surface area contributed by atoms with E-state index in [2.05, 4.69) is 39.5 Å². The van der Waals surface area contributed by atoms with Crippen molar-refractivity contribution in [1.29, 1.82) is 0 Å². The second kappa shape index (κ2) is 7.08. The van der Waals surface area contributed by atoms with Gasteiger partial charge in [-0.2, -0.15) is 0 Å². The van der Waals surface area contributed by atoms with E-state index < -0.39 is 0 Å². The summed E-state index contributed by atoms with van der Waals surface area (Å²) in [5.41, 5.74) is 7.04. The number of likely N-dealkylation sites (tertiary alicyclic amines) is 1. The van der Waals surface area contributed by atoms with Crippen LogP contribution in [0, 0.1) is 11.3 Å². The third-order valence-electron chi connectivity index (χ3n) is 5.96. The lowest BCUT2D eigenvalue weighted by atomic mass is 9.75. The number of nitrogens with two attached hydrogens (primary N) is 1. The molecule has 0 aliphatic carbocycles. The van der Waals surface area contributed by atoms with Crippen LogP contribution in [0.3, 0.4) is 0 Å². The van der Waals surface area contributed by atoms with Gasteiger partial charge in [0, 0.05) is 12.1 Å². The van der Waals surface area contributed by atoms with Crippen LogP contribution >= 0.6 is 0 Å². The summed E-state index contributed by atoms with van der Waals surface area (Å²) in [6.07, 6.45) is 7.71. The standard InChI is InChI=1S/C17H36N2/c1-6-15(4)13-17(8-3,14-18)19-11-9-16(5,7-2)10-12-19/h15H,6-14,18H2,1-5H3. The molecule has 2 heteroatoms. The lowest BCUT2D eigenvalue weighted by Gasteiger charge is -2.50. The second-order valence-corrected chi connectivity index (χ2v) is 7.15. The van der Waals surface area contributed by atoms with Gasteiger partial charge in [-0.1, -0.05) is 47.5 Å². The molecule has 0 spiro atoms. The van der Waals surface area contributed by atoms with Gasteiger partial charge in [0.25, 0.3) is 0 Å². The summed E-state index contributed by atoms with van der Waals surface area (Å²) in [5, 5.41) is 0. The minimum absolute atomic E-state index is 0.254. The van der Waals surface area contributed by atoms with Crippen LogP contribution in [0.25, 0.3) is 0 Å². The lowest BCUT2D eigenvalue weighted by Crippen LogP contribution is -2.57. The Labute approximate surface area is 121 Å². The van der Waals surface area contributed by atoms with Crippen molar-refractivity contribution in [1.82, 2.24) is 4.90 Å². The summed E-state index contributed by atoms with van der Waals surface area (Å²) in [6.45, 7) is 15.1. The summed E-state index contributed by atoms with van der Waals surface area (Å²) in [4.78, 5) is 2.72. The van der Waals surface area contributed by atoms with Crippen LogP contribution in [-0.2, 0) is 0 Å². The van der Waals surface area contributed by atoms with Crippen molar-refractivity contribution in [2.24, 2.45) is 17.1 Å². The highest BCUT2D eigenvalue weighted by atomic mass is 15.2. The topological polar surface area (TPSA) is 29.3 Å². The predicted molar refractivity (Wildman–Crippen MR) is 85.4 cm³/mol. The van der Waals surface area contributed by atoms with Crippen LogP contribution in [0.2, 0.25) is 0 Å². The summed E-state index contributed by atoms with van der Waals surface area (Å²) in [6, 6.07) is 0. The van der Waals surface area contributed by atoms with E-state index in [9.17, 15) is 0 Å². The molecular weight excluding hydrogens is 232 g/mol. The maximum atomic E-state index is 6.21. The molecule has 1 aliphatic heterocycles. The number of piperidine rings is 1. The first kappa shape index (κ1) is 17.0. The van der Waals surface area contributed by atoms with Crippen molar-refractivity contribution in [2.45, 2.75) is 78.7 Å². The number of hydrogen-bond acceptors (Lipinski definition) is 2. The molecule has 0 bridgehead atoms. The molecule has 1 rings (SSSR count). The molecule has 1 saturated heterocycles. The quantitative estimate of drug-likeness (QED) is 0.755. The van der Waals surface area contributed by atoms with Crippen LogP contribution < -0.4 is 5.73 Å². The highest BCUT2D eigenvalue weighted by Gasteiger charge is 2.39. The van der Waals surface area contributed by atoms with Crippen LogP contribution in [0.15, 0.2) is 0 Å². The second-order valence-electron chi connectivity index (χ2n) is 7.15. The highest BCUT2D eigenvalue weighted by molar-refractivity contribution is 4.95. The SMILES string of the molecule is CCC(C)CC(CC)(CN)N1CCC(C)(CC)CC1. The fourth-order valence-corrected chi connectivity index (χ4v) is 3.52. The average molecular weight is 268 g/mol. The zero-order valence-electron chi connectivity index (χ0n) is 14.0. The van der Waals surface area contributed by atoms with E-state index in [4.69, 9.17) is 5.73 Å². The molecule has 1 aliphatic rings. The molecule has 1 heterocycles. The van der Waals surface area contributed by atoms with Crippen LogP contribution in [0.5, 0.6) is 0 Å². The van der Waals surface area contributed by atoms with Gasteiger partial charge in [-0.05, 0) is 50.1 Å². The zero-order valence-corrected chi connectivity index (χ0v) is 14.0. The number of hydrogen-bond donors (Lipinski definition) is 1. The minimum atomic E-state index is 0.254. The van der Waals surface area contributed by atoms with Gasteiger partial charge in [0.05, 0.1) is 0 Å². The molecule has 1 fully saturated rings. The molecule has 0 radical (unpaired) electrons. The number of rotatable bonds is 7. The Morgan fingerprint density at radius 2 is 1.79 bits per heavy atom. The molecular formula is C17H36N2. The Hall–Kier alpha value is -0.0800. The van der Waals surface area contributed by atoms with E-state index >= 15 is 0 Å². The molecule has 2 N–H and O–H groups in total. The first-order chi connectivity index (χ1) is 8.95. The van der Waals surface area contributed by atoms with Crippen LogP contribution in [0.1, 0.15) is 73.1 Å². The first-order valence-electron chi connectivity index (χ1n) is 8.40. The normalized spacial score (nSPS) is 24.9. The van der Waals surface area contributed by atoms with E-state index in [1.54, 1.807) is 0 Å². The van der Waals surface area contributed by atoms with Crippen molar-refractivity contribution in [3.8, 4) is 0 Å². The van der Waals surface area contributed by atoms with Gasteiger partial charge < -0.3 is 5.73 Å². The maximum absolute atomic E-state index is 6.21. The Kier molecular flexibility index (Phi) is 6.32. The summed E-state index contributed by atoms with van der Waals surface area (Å²) in [5.74, 6) is 0.781. The van der Waals surface area contributed by atoms with Crippen molar-refractivity contribution >= 4 is 0 Å². The molecule has 2 unspecified atom stereocenters. The zero-order chi connectivity index (χ0) is 14.5. The largest absolute Gasteiger partial charge is 0.329 e. The van der Waals surface area contributed by atoms with Crippen molar-refractivity contribution < 1.29 is 0 Å². The van der Waals surface area contributed by atoms with Gasteiger partial charge in [0.15, 0.2) is 0 Å². The van der Waals surface area contributed by atoms with E-state index in [1.165, 1.54) is 51.6 Å². The molecule has 114 valence electrons. The summed E-state index contributed by atoms with van der Waals surface area (Å²) < 4.78 is 0. The average Bonchev–Trinajstić information content (AvgIpc) is 2.45. The van der Waals surface area contributed by atoms with E-state index in [0.29, 0.717) is 5.41 Å². The Balaban J connectivity index is 2.73. The molecule has 0 aromatic heterocycles. The molecule has 0 saturated carbocycles. The number of nitrogens with zero attached hydrogens (tertiary/aromatic N) is 1. The van der Waals surface area contributed by atoms with Crippen LogP contribution in [-0.4, -0.2) is 30.1 Å². The molecule has 0 aromatic carbocycles. The van der Waals surface area contributed by atoms with Gasteiger partial charge in [-0.15, -0.1) is 0 Å². The molecule has 2 atom stereocenters. The van der Waals surface area contributed by atoms with Crippen molar-refractivity contribution in [3.63, 3.8) is 0 Å². The van der Waals surface area contributed by atoms with E-state index in [0.717, 1.165) is 12.5 Å². The minimum Gasteiger partial charge on any atom is -0.329 e. The predicted octanol–water partition coefficient (Wildman–Crippen LogP) is 4.04. The Morgan fingerprint density at radius 3 is 2.16 bits per heavy atom. The smallest absolute Gasteiger partial charge is 0.0331 e. The first-order valence-corrected chi connectivity index (χ1v) is 8.40. The highest BCUT2D eigenvalue weighted by Crippen LogP contribution is 2.38. The summed E-state index contributed by atoms with van der Waals surface area (Å²) >= 11 is 0. The molecule has 2 nitrogen and oxygen atoms in total. The monoisotopic (exact) mass is 268 g/mol. The molecule has 19 heavy (non-hydrogen) atoms. The van der Waals surface area contributed by atoms with Crippen molar-refractivity contribution in [2.75, 3.05) is 19.6 Å². The third-order valence-corrected chi connectivity index (χ3v) is 5.96. The molecule has 0 amide bonds. The fraction of sp³-hybridized carbons (Fsp3) is 1.00. The van der Waals surface area contributed by atoms with Gasteiger partial charge >= 0.3 is 0 Å².